The molecule has 0 amide bonds. The molecule has 168 valence electrons. The van der Waals surface area contributed by atoms with Crippen LogP contribution in [0.5, 0.6) is 11.5 Å². The second-order valence-corrected chi connectivity index (χ2v) is 22.2. The zero-order chi connectivity index (χ0) is 22.3. The van der Waals surface area contributed by atoms with Gasteiger partial charge in [-0.3, -0.25) is 0 Å². The van der Waals surface area contributed by atoms with Crippen molar-refractivity contribution < 1.29 is 4.74 Å². The third kappa shape index (κ3) is 5.98. The Morgan fingerprint density at radius 1 is 0.871 bits per heavy atom. The summed E-state index contributed by atoms with van der Waals surface area (Å²) < 4.78 is 14.0. The van der Waals surface area contributed by atoms with Crippen molar-refractivity contribution in [3.05, 3.63) is 47.5 Å². The summed E-state index contributed by atoms with van der Waals surface area (Å²) in [5.74, 6) is 1.64. The Morgan fingerprint density at radius 2 is 1.48 bits per heavy atom. The fourth-order valence-electron chi connectivity index (χ4n) is 4.64. The number of halogens is 1. The summed E-state index contributed by atoms with van der Waals surface area (Å²) in [5.41, 5.74) is 1.22. The van der Waals surface area contributed by atoms with Gasteiger partial charge in [0.05, 0.1) is 0 Å². The molecule has 5 heteroatoms. The van der Waals surface area contributed by atoms with E-state index in [1.54, 1.807) is 0 Å². The van der Waals surface area contributed by atoms with E-state index in [-0.39, 0.29) is 0 Å². The maximum atomic E-state index is 6.19. The molecule has 0 aliphatic rings. The van der Waals surface area contributed by atoms with E-state index in [1.807, 2.05) is 24.3 Å². The molecule has 3 aromatic rings. The Morgan fingerprint density at radius 3 is 2.06 bits per heavy atom. The second-order valence-electron chi connectivity index (χ2n) is 8.80. The summed E-state index contributed by atoms with van der Waals surface area (Å²) in [6.45, 7) is 6.97. The van der Waals surface area contributed by atoms with E-state index in [4.69, 9.17) is 21.4 Å². The van der Waals surface area contributed by atoms with Crippen molar-refractivity contribution in [1.29, 1.82) is 0 Å². The van der Waals surface area contributed by atoms with Crippen molar-refractivity contribution in [3.8, 4) is 11.5 Å². The summed E-state index contributed by atoms with van der Waals surface area (Å²) in [5, 5.41) is 7.23. The minimum atomic E-state index is -2.66. The van der Waals surface area contributed by atoms with Gasteiger partial charge in [0.2, 0.25) is 0 Å². The number of hydrogen-bond acceptors (Lipinski definition) is 2. The molecule has 0 fully saturated rings. The van der Waals surface area contributed by atoms with Gasteiger partial charge in [-0.1, -0.05) is 0 Å². The van der Waals surface area contributed by atoms with E-state index in [2.05, 4.69) is 50.7 Å². The topological polar surface area (TPSA) is 27.1 Å². The van der Waals surface area contributed by atoms with Crippen LogP contribution < -0.4 is 8.45 Å². The van der Waals surface area contributed by atoms with Gasteiger partial charge in [-0.15, -0.1) is 0 Å². The molecular formula is C26H37ClN2OSn. The van der Waals surface area contributed by atoms with Crippen molar-refractivity contribution in [1.82, 2.24) is 9.78 Å². The van der Waals surface area contributed by atoms with Gasteiger partial charge in [-0.05, 0) is 0 Å². The van der Waals surface area contributed by atoms with Gasteiger partial charge in [0.25, 0.3) is 0 Å². The monoisotopic (exact) mass is 548 g/mol. The molecule has 3 nitrogen and oxygen atoms in total. The third-order valence-corrected chi connectivity index (χ3v) is 21.8. The average molecular weight is 548 g/mol. The van der Waals surface area contributed by atoms with Crippen molar-refractivity contribution in [3.63, 3.8) is 0 Å². The van der Waals surface area contributed by atoms with Crippen molar-refractivity contribution >= 4 is 44.6 Å². The molecule has 1 heterocycles. The molecule has 0 saturated heterocycles. The van der Waals surface area contributed by atoms with Gasteiger partial charge < -0.3 is 0 Å². The third-order valence-electron chi connectivity index (χ3n) is 6.38. The standard InChI is InChI=1S/C14H10ClN2O.3C4H9.Sn/c1-17-14-6-5-13(7-10(14)9-16-17)18-12-4-2-3-11(15)8-12;3*1-3-4-2;/h2-8H,1H3;3*1,3-4H2,2H3;. The van der Waals surface area contributed by atoms with Crippen LogP contribution >= 0.6 is 11.6 Å². The molecule has 0 bridgehead atoms. The Labute approximate surface area is 197 Å². The van der Waals surface area contributed by atoms with E-state index in [1.165, 1.54) is 66.4 Å². The zero-order valence-corrected chi connectivity index (χ0v) is 23.2. The quantitative estimate of drug-likeness (QED) is 0.214. The number of aryl methyl sites for hydroxylation is 1. The van der Waals surface area contributed by atoms with E-state index < -0.39 is 18.4 Å². The van der Waals surface area contributed by atoms with Gasteiger partial charge in [-0.2, -0.15) is 0 Å². The molecule has 31 heavy (non-hydrogen) atoms. The Bertz CT molecular complexity index is 963. The van der Waals surface area contributed by atoms with E-state index in [0.717, 1.165) is 11.5 Å². The predicted octanol–water partition coefficient (Wildman–Crippen LogP) is 8.08. The number of rotatable bonds is 12. The van der Waals surface area contributed by atoms with Gasteiger partial charge >= 0.3 is 198 Å². The van der Waals surface area contributed by atoms with Crippen LogP contribution in [0.25, 0.3) is 10.9 Å². The molecule has 0 unspecified atom stereocenters. The van der Waals surface area contributed by atoms with E-state index >= 15 is 0 Å². The number of benzene rings is 2. The van der Waals surface area contributed by atoms with E-state index in [0.29, 0.717) is 5.02 Å². The average Bonchev–Trinajstić information content (AvgIpc) is 3.10. The van der Waals surface area contributed by atoms with Crippen LogP contribution in [-0.2, 0) is 7.05 Å². The SMILES string of the molecule is CCC[CH2][Sn]([CH2]CCC)([CH2]CCC)[c]1nn(C)c2ccc(Oc3cccc(Cl)c3)cc12. The summed E-state index contributed by atoms with van der Waals surface area (Å²) >= 11 is 3.50. The first-order chi connectivity index (χ1) is 15.0. The number of unbranched alkanes of at least 4 members (excludes halogenated alkanes) is 3. The fourth-order valence-corrected chi connectivity index (χ4v) is 21.0. The van der Waals surface area contributed by atoms with Crippen LogP contribution in [0.1, 0.15) is 59.3 Å². The molecule has 0 atom stereocenters. The fraction of sp³-hybridized carbons (Fsp3) is 0.500. The molecule has 2 aromatic carbocycles. The Hall–Kier alpha value is -1.20. The number of hydrogen-bond donors (Lipinski definition) is 0. The summed E-state index contributed by atoms with van der Waals surface area (Å²) in [6.07, 6.45) is 7.81. The first-order valence-corrected chi connectivity index (χ1v) is 19.8. The molecule has 0 N–H and O–H groups in total. The molecule has 0 aliphatic carbocycles. The van der Waals surface area contributed by atoms with Crippen LogP contribution in [0.2, 0.25) is 18.3 Å². The van der Waals surface area contributed by atoms with Crippen molar-refractivity contribution in [2.24, 2.45) is 7.05 Å². The molecule has 0 radical (unpaired) electrons. The van der Waals surface area contributed by atoms with Crippen molar-refractivity contribution in [2.75, 3.05) is 0 Å². The maximum absolute atomic E-state index is 6.19. The van der Waals surface area contributed by atoms with Gasteiger partial charge in [0, 0.05) is 0 Å². The number of ether oxygens (including phenoxy) is 1. The van der Waals surface area contributed by atoms with Crippen LogP contribution in [0.4, 0.5) is 0 Å². The molecule has 0 spiro atoms. The molecular weight excluding hydrogens is 510 g/mol. The van der Waals surface area contributed by atoms with Crippen LogP contribution in [0.15, 0.2) is 42.5 Å². The molecule has 0 saturated carbocycles. The summed E-state index contributed by atoms with van der Waals surface area (Å²) in [6, 6.07) is 14.1. The van der Waals surface area contributed by atoms with Crippen LogP contribution in [0, 0.1) is 0 Å². The van der Waals surface area contributed by atoms with Crippen LogP contribution in [-0.4, -0.2) is 28.2 Å². The summed E-state index contributed by atoms with van der Waals surface area (Å²) in [7, 11) is 2.10. The minimum absolute atomic E-state index is 0.689. The van der Waals surface area contributed by atoms with Crippen LogP contribution in [0.3, 0.4) is 0 Å². The number of fused-ring (bicyclic) bond motifs is 1. The molecule has 1 aromatic heterocycles. The normalized spacial score (nSPS) is 11.9. The van der Waals surface area contributed by atoms with Gasteiger partial charge in [-0.25, -0.2) is 0 Å². The van der Waals surface area contributed by atoms with E-state index in [9.17, 15) is 0 Å². The first kappa shape index (κ1) is 24.4. The van der Waals surface area contributed by atoms with Gasteiger partial charge in [0.15, 0.2) is 0 Å². The Balaban J connectivity index is 2.07. The number of nitrogens with zero attached hydrogens (tertiary/aromatic N) is 2. The predicted molar refractivity (Wildman–Crippen MR) is 137 cm³/mol. The zero-order valence-electron chi connectivity index (χ0n) is 19.6. The molecule has 0 aliphatic heterocycles. The van der Waals surface area contributed by atoms with Gasteiger partial charge in [0.1, 0.15) is 0 Å². The molecule has 3 rings (SSSR count). The first-order valence-electron chi connectivity index (χ1n) is 11.9. The number of aromatic nitrogens is 2. The Kier molecular flexibility index (Phi) is 9.15. The second kappa shape index (κ2) is 11.6. The van der Waals surface area contributed by atoms with Crippen molar-refractivity contribution in [2.45, 2.75) is 72.6 Å². The summed E-state index contributed by atoms with van der Waals surface area (Å²) in [4.78, 5) is 0.